The van der Waals surface area contributed by atoms with E-state index in [4.69, 9.17) is 0 Å². The molecule has 0 unspecified atom stereocenters. The van der Waals surface area contributed by atoms with E-state index in [1.807, 2.05) is 6.92 Å². The minimum atomic E-state index is 1.00. The van der Waals surface area contributed by atoms with Crippen molar-refractivity contribution in [3.63, 3.8) is 0 Å². The van der Waals surface area contributed by atoms with E-state index in [0.29, 0.717) is 0 Å². The molecular weight excluding hydrogens is 180 g/mol. The van der Waals surface area contributed by atoms with Gasteiger partial charge in [-0.3, -0.25) is 0 Å². The first-order valence-corrected chi connectivity index (χ1v) is 5.27. The summed E-state index contributed by atoms with van der Waals surface area (Å²) < 4.78 is 0. The average molecular weight is 198 g/mol. The molecule has 0 aromatic heterocycles. The SMILES string of the molecule is C=C(/C=C\C(C)=C/C)C1=CC=CCC=C1. The number of allylic oxidation sites excluding steroid dienone is 11. The van der Waals surface area contributed by atoms with Crippen molar-refractivity contribution in [1.29, 1.82) is 0 Å². The standard InChI is InChI=1S/C15H18/c1-4-13(2)11-12-14(3)15-9-7-5-6-8-10-15/h4-5,7-12H,3,6H2,1-2H3/b12-11-,13-4-. The molecule has 0 saturated heterocycles. The van der Waals surface area contributed by atoms with Crippen LogP contribution in [0.15, 0.2) is 71.9 Å². The molecule has 0 heteroatoms. The van der Waals surface area contributed by atoms with Gasteiger partial charge in [-0.2, -0.15) is 0 Å². The van der Waals surface area contributed by atoms with Crippen molar-refractivity contribution in [3.8, 4) is 0 Å². The highest BCUT2D eigenvalue weighted by molar-refractivity contribution is 5.48. The van der Waals surface area contributed by atoms with Crippen molar-refractivity contribution in [2.75, 3.05) is 0 Å². The van der Waals surface area contributed by atoms with Gasteiger partial charge < -0.3 is 0 Å². The van der Waals surface area contributed by atoms with Crippen molar-refractivity contribution < 1.29 is 0 Å². The van der Waals surface area contributed by atoms with Crippen LogP contribution in [0.4, 0.5) is 0 Å². The smallest absolute Gasteiger partial charge is 0.0163 e. The fourth-order valence-electron chi connectivity index (χ4n) is 1.22. The minimum Gasteiger partial charge on any atom is -0.0912 e. The van der Waals surface area contributed by atoms with Gasteiger partial charge in [0.1, 0.15) is 0 Å². The second-order valence-corrected chi connectivity index (χ2v) is 3.58. The average Bonchev–Trinajstić information content (AvgIpc) is 2.53. The van der Waals surface area contributed by atoms with E-state index in [0.717, 1.165) is 12.0 Å². The van der Waals surface area contributed by atoms with Crippen molar-refractivity contribution in [2.24, 2.45) is 0 Å². The lowest BCUT2D eigenvalue weighted by atomic mass is 10.1. The lowest BCUT2D eigenvalue weighted by molar-refractivity contribution is 1.40. The molecule has 0 aliphatic heterocycles. The second-order valence-electron chi connectivity index (χ2n) is 3.58. The maximum absolute atomic E-state index is 4.06. The van der Waals surface area contributed by atoms with Crippen LogP contribution in [0.3, 0.4) is 0 Å². The first-order chi connectivity index (χ1) is 7.24. The maximum atomic E-state index is 4.06. The molecule has 1 aliphatic rings. The quantitative estimate of drug-likeness (QED) is 0.585. The first-order valence-electron chi connectivity index (χ1n) is 5.27. The van der Waals surface area contributed by atoms with Crippen LogP contribution in [0.1, 0.15) is 20.3 Å². The van der Waals surface area contributed by atoms with Gasteiger partial charge in [-0.1, -0.05) is 60.8 Å². The predicted octanol–water partition coefficient (Wildman–Crippen LogP) is 4.51. The van der Waals surface area contributed by atoms with Gasteiger partial charge in [-0.25, -0.2) is 0 Å². The Balaban J connectivity index is 2.73. The van der Waals surface area contributed by atoms with Crippen LogP contribution in [0.25, 0.3) is 0 Å². The molecule has 0 aromatic carbocycles. The van der Waals surface area contributed by atoms with Crippen molar-refractivity contribution in [1.82, 2.24) is 0 Å². The normalized spacial score (nSPS) is 16.7. The number of rotatable bonds is 3. The molecular formula is C15H18. The topological polar surface area (TPSA) is 0 Å². The molecule has 15 heavy (non-hydrogen) atoms. The Morgan fingerprint density at radius 2 is 2.13 bits per heavy atom. The molecule has 0 nitrogen and oxygen atoms in total. The van der Waals surface area contributed by atoms with Gasteiger partial charge in [-0.05, 0) is 31.4 Å². The number of hydrogen-bond acceptors (Lipinski definition) is 0. The molecule has 0 N–H and O–H groups in total. The molecule has 0 radical (unpaired) electrons. The Labute approximate surface area is 92.7 Å². The Kier molecular flexibility index (Phi) is 4.62. The summed E-state index contributed by atoms with van der Waals surface area (Å²) >= 11 is 0. The van der Waals surface area contributed by atoms with E-state index in [-0.39, 0.29) is 0 Å². The van der Waals surface area contributed by atoms with Crippen molar-refractivity contribution in [2.45, 2.75) is 20.3 Å². The summed E-state index contributed by atoms with van der Waals surface area (Å²) in [6, 6.07) is 0. The minimum absolute atomic E-state index is 1.00. The lowest BCUT2D eigenvalue weighted by Gasteiger charge is -1.99. The summed E-state index contributed by atoms with van der Waals surface area (Å²) in [6.07, 6.45) is 17.8. The summed E-state index contributed by atoms with van der Waals surface area (Å²) in [5, 5.41) is 0. The molecule has 0 bridgehead atoms. The molecule has 0 atom stereocenters. The first kappa shape index (κ1) is 11.5. The lowest BCUT2D eigenvalue weighted by Crippen LogP contribution is -1.80. The summed E-state index contributed by atoms with van der Waals surface area (Å²) in [5.41, 5.74) is 3.49. The van der Waals surface area contributed by atoms with Gasteiger partial charge in [0.25, 0.3) is 0 Å². The fourth-order valence-corrected chi connectivity index (χ4v) is 1.22. The molecule has 78 valence electrons. The molecule has 0 aromatic rings. The maximum Gasteiger partial charge on any atom is -0.0163 e. The van der Waals surface area contributed by atoms with E-state index in [2.05, 4.69) is 62.1 Å². The van der Waals surface area contributed by atoms with Crippen LogP contribution in [0.5, 0.6) is 0 Å². The Morgan fingerprint density at radius 1 is 1.33 bits per heavy atom. The van der Waals surface area contributed by atoms with Crippen LogP contribution in [0.2, 0.25) is 0 Å². The highest BCUT2D eigenvalue weighted by Crippen LogP contribution is 2.15. The Morgan fingerprint density at radius 3 is 2.87 bits per heavy atom. The summed E-state index contributed by atoms with van der Waals surface area (Å²) in [4.78, 5) is 0. The van der Waals surface area contributed by atoms with Gasteiger partial charge >= 0.3 is 0 Å². The van der Waals surface area contributed by atoms with E-state index in [1.54, 1.807) is 0 Å². The molecule has 0 spiro atoms. The summed E-state index contributed by atoms with van der Waals surface area (Å²) in [7, 11) is 0. The fraction of sp³-hybridized carbons (Fsp3) is 0.200. The van der Waals surface area contributed by atoms with Gasteiger partial charge in [0.05, 0.1) is 0 Å². The summed E-state index contributed by atoms with van der Waals surface area (Å²) in [5.74, 6) is 0. The third-order valence-corrected chi connectivity index (χ3v) is 2.35. The highest BCUT2D eigenvalue weighted by Gasteiger charge is 1.95. The summed E-state index contributed by atoms with van der Waals surface area (Å²) in [6.45, 7) is 8.18. The molecule has 0 fully saturated rings. The van der Waals surface area contributed by atoms with Crippen molar-refractivity contribution in [3.05, 3.63) is 71.9 Å². The van der Waals surface area contributed by atoms with Gasteiger partial charge in [0, 0.05) is 0 Å². The Hall–Kier alpha value is -1.56. The van der Waals surface area contributed by atoms with Crippen LogP contribution in [-0.2, 0) is 0 Å². The molecule has 1 aliphatic carbocycles. The molecule has 0 heterocycles. The third kappa shape index (κ3) is 3.99. The largest absolute Gasteiger partial charge is 0.0912 e. The van der Waals surface area contributed by atoms with E-state index in [9.17, 15) is 0 Å². The second kappa shape index (κ2) is 6.02. The van der Waals surface area contributed by atoms with E-state index >= 15 is 0 Å². The van der Waals surface area contributed by atoms with Gasteiger partial charge in [-0.15, -0.1) is 0 Å². The molecule has 0 amide bonds. The third-order valence-electron chi connectivity index (χ3n) is 2.35. The van der Waals surface area contributed by atoms with Crippen molar-refractivity contribution >= 4 is 0 Å². The van der Waals surface area contributed by atoms with E-state index < -0.39 is 0 Å². The van der Waals surface area contributed by atoms with Gasteiger partial charge in [0.2, 0.25) is 0 Å². The van der Waals surface area contributed by atoms with Gasteiger partial charge in [0.15, 0.2) is 0 Å². The predicted molar refractivity (Wildman–Crippen MR) is 68.7 cm³/mol. The zero-order valence-electron chi connectivity index (χ0n) is 9.53. The highest BCUT2D eigenvalue weighted by atomic mass is 14.0. The molecule has 0 saturated carbocycles. The van der Waals surface area contributed by atoms with Crippen LogP contribution in [0, 0.1) is 0 Å². The van der Waals surface area contributed by atoms with Crippen LogP contribution < -0.4 is 0 Å². The van der Waals surface area contributed by atoms with Crippen LogP contribution in [-0.4, -0.2) is 0 Å². The zero-order valence-corrected chi connectivity index (χ0v) is 9.53. The van der Waals surface area contributed by atoms with E-state index in [1.165, 1.54) is 11.1 Å². The monoisotopic (exact) mass is 198 g/mol. The zero-order chi connectivity index (χ0) is 11.1. The molecule has 1 rings (SSSR count). The number of hydrogen-bond donors (Lipinski definition) is 0. The van der Waals surface area contributed by atoms with Crippen LogP contribution >= 0.6 is 0 Å². The Bertz CT molecular complexity index is 371.